The summed E-state index contributed by atoms with van der Waals surface area (Å²) in [5, 5.41) is 3.61. The maximum absolute atomic E-state index is 13.0. The van der Waals surface area contributed by atoms with E-state index < -0.39 is 5.41 Å². The van der Waals surface area contributed by atoms with Gasteiger partial charge in [-0.1, -0.05) is 41.4 Å². The summed E-state index contributed by atoms with van der Waals surface area (Å²) < 4.78 is 0. The maximum atomic E-state index is 13.0. The first-order chi connectivity index (χ1) is 12.7. The molecule has 1 aliphatic carbocycles. The Balaban J connectivity index is 1.68. The van der Waals surface area contributed by atoms with E-state index in [1.165, 1.54) is 4.90 Å². The third-order valence-electron chi connectivity index (χ3n) is 5.23. The maximum Gasteiger partial charge on any atom is 0.243 e. The Kier molecular flexibility index (Phi) is 5.29. The molecule has 4 nitrogen and oxygen atoms in total. The Morgan fingerprint density at radius 2 is 1.63 bits per heavy atom. The van der Waals surface area contributed by atoms with Crippen molar-refractivity contribution < 1.29 is 9.59 Å². The van der Waals surface area contributed by atoms with Crippen LogP contribution in [0.15, 0.2) is 36.4 Å². The predicted octanol–water partition coefficient (Wildman–Crippen LogP) is 4.39. The fourth-order valence-electron chi connectivity index (χ4n) is 3.73. The highest BCUT2D eigenvalue weighted by Gasteiger charge is 2.52. The fraction of sp³-hybridized carbons (Fsp3) is 0.364. The standard InChI is InChI=1S/C22H25ClN2O2/c1-14-11-15(2)20(16(3)12-14)24-19(26)13-25(4)21(27)22(9-10-22)17-5-7-18(23)8-6-17/h5-8,11-12H,9-10,13H2,1-4H3,(H,24,26). The molecule has 0 heterocycles. The Labute approximate surface area is 165 Å². The van der Waals surface area contributed by atoms with Crippen LogP contribution in [0.2, 0.25) is 5.02 Å². The molecule has 2 aromatic rings. The highest BCUT2D eigenvalue weighted by molar-refractivity contribution is 6.30. The van der Waals surface area contributed by atoms with Crippen molar-refractivity contribution in [3.8, 4) is 0 Å². The molecule has 0 radical (unpaired) electrons. The van der Waals surface area contributed by atoms with E-state index in [1.54, 1.807) is 19.2 Å². The van der Waals surface area contributed by atoms with Crippen LogP contribution in [0, 0.1) is 20.8 Å². The normalized spacial score (nSPS) is 14.6. The van der Waals surface area contributed by atoms with Crippen LogP contribution in [-0.4, -0.2) is 30.3 Å². The van der Waals surface area contributed by atoms with Crippen molar-refractivity contribution in [1.29, 1.82) is 0 Å². The first kappa shape index (κ1) is 19.4. The molecule has 0 bridgehead atoms. The summed E-state index contributed by atoms with van der Waals surface area (Å²) in [6.45, 7) is 6.01. The molecule has 0 atom stereocenters. The van der Waals surface area contributed by atoms with Crippen molar-refractivity contribution in [3.05, 3.63) is 63.7 Å². The van der Waals surface area contributed by atoms with Gasteiger partial charge in [0.1, 0.15) is 0 Å². The van der Waals surface area contributed by atoms with Crippen molar-refractivity contribution in [2.45, 2.75) is 39.0 Å². The van der Waals surface area contributed by atoms with Crippen molar-refractivity contribution in [3.63, 3.8) is 0 Å². The SMILES string of the molecule is Cc1cc(C)c(NC(=O)CN(C)C(=O)C2(c3ccc(Cl)cc3)CC2)c(C)c1. The van der Waals surface area contributed by atoms with Crippen LogP contribution in [0.25, 0.3) is 0 Å². The van der Waals surface area contributed by atoms with Crippen molar-refractivity contribution in [2.75, 3.05) is 18.9 Å². The minimum absolute atomic E-state index is 0.0164. The Morgan fingerprint density at radius 1 is 1.07 bits per heavy atom. The smallest absolute Gasteiger partial charge is 0.243 e. The lowest BCUT2D eigenvalue weighted by Crippen LogP contribution is -2.41. The number of anilines is 1. The summed E-state index contributed by atoms with van der Waals surface area (Å²) in [6, 6.07) is 11.5. The minimum atomic E-state index is -0.505. The summed E-state index contributed by atoms with van der Waals surface area (Å²) in [7, 11) is 1.69. The van der Waals surface area contributed by atoms with Gasteiger partial charge < -0.3 is 10.2 Å². The van der Waals surface area contributed by atoms with Gasteiger partial charge >= 0.3 is 0 Å². The summed E-state index contributed by atoms with van der Waals surface area (Å²) in [5.41, 5.74) is 4.49. The lowest BCUT2D eigenvalue weighted by atomic mass is 9.94. The molecular formula is C22H25ClN2O2. The van der Waals surface area contributed by atoms with E-state index >= 15 is 0 Å². The average Bonchev–Trinajstić information content (AvgIpc) is 3.39. The van der Waals surface area contributed by atoms with Gasteiger partial charge in [0.05, 0.1) is 12.0 Å². The minimum Gasteiger partial charge on any atom is -0.336 e. The van der Waals surface area contributed by atoms with Crippen LogP contribution in [0.3, 0.4) is 0 Å². The molecule has 2 amide bonds. The van der Waals surface area contributed by atoms with Gasteiger partial charge in [-0.3, -0.25) is 9.59 Å². The molecule has 1 saturated carbocycles. The van der Waals surface area contributed by atoms with Gasteiger partial charge in [-0.2, -0.15) is 0 Å². The van der Waals surface area contributed by atoms with Gasteiger partial charge in [0.25, 0.3) is 0 Å². The third-order valence-corrected chi connectivity index (χ3v) is 5.48. The molecule has 5 heteroatoms. The Bertz CT molecular complexity index is 863. The second-order valence-electron chi connectivity index (χ2n) is 7.57. The lowest BCUT2D eigenvalue weighted by molar-refractivity contribution is -0.135. The van der Waals surface area contributed by atoms with Crippen LogP contribution in [0.4, 0.5) is 5.69 Å². The number of amides is 2. The van der Waals surface area contributed by atoms with E-state index in [-0.39, 0.29) is 18.4 Å². The number of nitrogens with one attached hydrogen (secondary N) is 1. The molecule has 0 aromatic heterocycles. The number of hydrogen-bond donors (Lipinski definition) is 1. The molecule has 0 unspecified atom stereocenters. The van der Waals surface area contributed by atoms with Crippen molar-refractivity contribution >= 4 is 29.1 Å². The number of nitrogens with zero attached hydrogens (tertiary/aromatic N) is 1. The summed E-state index contributed by atoms with van der Waals surface area (Å²) in [4.78, 5) is 27.0. The number of halogens is 1. The first-order valence-corrected chi connectivity index (χ1v) is 9.50. The second-order valence-corrected chi connectivity index (χ2v) is 8.01. The Hall–Kier alpha value is -2.33. The zero-order valence-electron chi connectivity index (χ0n) is 16.2. The van der Waals surface area contributed by atoms with E-state index in [9.17, 15) is 9.59 Å². The molecular weight excluding hydrogens is 360 g/mol. The van der Waals surface area contributed by atoms with Crippen molar-refractivity contribution in [1.82, 2.24) is 4.90 Å². The molecule has 2 aromatic carbocycles. The van der Waals surface area contributed by atoms with Crippen LogP contribution < -0.4 is 5.32 Å². The number of rotatable bonds is 5. The largest absolute Gasteiger partial charge is 0.336 e. The van der Waals surface area contributed by atoms with Gasteiger partial charge in [-0.05, 0) is 62.4 Å². The summed E-state index contributed by atoms with van der Waals surface area (Å²) in [6.07, 6.45) is 1.60. The molecule has 1 N–H and O–H groups in total. The topological polar surface area (TPSA) is 49.4 Å². The third kappa shape index (κ3) is 4.01. The quantitative estimate of drug-likeness (QED) is 0.830. The number of likely N-dealkylation sites (N-methyl/N-ethyl adjacent to an activating group) is 1. The molecule has 1 fully saturated rings. The zero-order valence-corrected chi connectivity index (χ0v) is 17.0. The van der Waals surface area contributed by atoms with E-state index in [4.69, 9.17) is 11.6 Å². The summed E-state index contributed by atoms with van der Waals surface area (Å²) >= 11 is 5.96. The molecule has 142 valence electrons. The van der Waals surface area contributed by atoms with Gasteiger partial charge in [0.15, 0.2) is 0 Å². The molecule has 0 aliphatic heterocycles. The highest BCUT2D eigenvalue weighted by atomic mass is 35.5. The molecule has 1 aliphatic rings. The van der Waals surface area contributed by atoms with Crippen molar-refractivity contribution in [2.24, 2.45) is 0 Å². The van der Waals surface area contributed by atoms with E-state index in [2.05, 4.69) is 5.32 Å². The second kappa shape index (κ2) is 7.35. The lowest BCUT2D eigenvalue weighted by Gasteiger charge is -2.24. The van der Waals surface area contributed by atoms with Crippen LogP contribution in [-0.2, 0) is 15.0 Å². The first-order valence-electron chi connectivity index (χ1n) is 9.12. The van der Waals surface area contributed by atoms with Gasteiger partial charge in [-0.15, -0.1) is 0 Å². The molecule has 3 rings (SSSR count). The van der Waals surface area contributed by atoms with Crippen LogP contribution in [0.5, 0.6) is 0 Å². The number of carbonyl (C=O) groups is 2. The number of carbonyl (C=O) groups excluding carboxylic acids is 2. The van der Waals surface area contributed by atoms with E-state index in [0.29, 0.717) is 5.02 Å². The van der Waals surface area contributed by atoms with E-state index in [1.807, 2.05) is 45.0 Å². The number of aryl methyl sites for hydroxylation is 3. The number of benzene rings is 2. The van der Waals surface area contributed by atoms with Gasteiger partial charge in [-0.25, -0.2) is 0 Å². The molecule has 0 spiro atoms. The predicted molar refractivity (Wildman–Crippen MR) is 109 cm³/mol. The fourth-order valence-corrected chi connectivity index (χ4v) is 3.85. The molecule has 0 saturated heterocycles. The summed E-state index contributed by atoms with van der Waals surface area (Å²) in [5.74, 6) is -0.204. The highest BCUT2D eigenvalue weighted by Crippen LogP contribution is 2.49. The average molecular weight is 385 g/mol. The van der Waals surface area contributed by atoms with Crippen LogP contribution >= 0.6 is 11.6 Å². The van der Waals surface area contributed by atoms with E-state index in [0.717, 1.165) is 40.8 Å². The number of hydrogen-bond acceptors (Lipinski definition) is 2. The van der Waals surface area contributed by atoms with Crippen LogP contribution in [0.1, 0.15) is 35.1 Å². The zero-order chi connectivity index (χ0) is 19.8. The Morgan fingerprint density at radius 3 is 2.15 bits per heavy atom. The van der Waals surface area contributed by atoms with Gasteiger partial charge in [0.2, 0.25) is 11.8 Å². The molecule has 27 heavy (non-hydrogen) atoms. The van der Waals surface area contributed by atoms with Gasteiger partial charge in [0, 0.05) is 17.8 Å². The monoisotopic (exact) mass is 384 g/mol.